The van der Waals surface area contributed by atoms with Crippen molar-refractivity contribution in [2.45, 2.75) is 56.5 Å². The molecule has 144 valence electrons. The van der Waals surface area contributed by atoms with E-state index in [0.717, 1.165) is 24.9 Å². The zero-order valence-electron chi connectivity index (χ0n) is 15.6. The van der Waals surface area contributed by atoms with Crippen LogP contribution in [0, 0.1) is 12.8 Å². The molecule has 6 nitrogen and oxygen atoms in total. The molecule has 0 bridgehead atoms. The molecule has 1 amide bonds. The van der Waals surface area contributed by atoms with Crippen molar-refractivity contribution in [3.8, 4) is 0 Å². The molecule has 26 heavy (non-hydrogen) atoms. The molecule has 2 N–H and O–H groups in total. The van der Waals surface area contributed by atoms with Crippen LogP contribution in [0.15, 0.2) is 29.2 Å². The number of piperidine rings is 2. The number of hydrogen-bond donors (Lipinski definition) is 2. The molecule has 0 radical (unpaired) electrons. The fraction of sp³-hybridized carbons (Fsp3) is 0.632. The van der Waals surface area contributed by atoms with E-state index in [4.69, 9.17) is 0 Å². The maximum absolute atomic E-state index is 12.7. The molecule has 1 aromatic rings. The smallest absolute Gasteiger partial charge is 0.243 e. The number of nitrogens with one attached hydrogen (secondary N) is 2. The lowest BCUT2D eigenvalue weighted by Gasteiger charge is -2.33. The first-order chi connectivity index (χ1) is 12.4. The Hall–Kier alpha value is -1.44. The second-order valence-electron chi connectivity index (χ2n) is 7.58. The van der Waals surface area contributed by atoms with Gasteiger partial charge in [-0.15, -0.1) is 0 Å². The minimum absolute atomic E-state index is 0.0668. The second kappa shape index (κ2) is 8.06. The standard InChI is InChI=1S/C19H29N3O3S/c1-14-3-5-18(6-4-14)26(24,25)22-11-8-17(9-12-22)21-19(23)16-7-10-20-15(2)13-16/h3-6,15-17,20H,7-13H2,1-2H3,(H,21,23)/t15-,16-/m0/s1. The Morgan fingerprint density at radius 3 is 2.42 bits per heavy atom. The van der Waals surface area contributed by atoms with Crippen LogP contribution in [0.2, 0.25) is 0 Å². The summed E-state index contributed by atoms with van der Waals surface area (Å²) in [5, 5.41) is 6.50. The average Bonchev–Trinajstić information content (AvgIpc) is 2.62. The third-order valence-corrected chi connectivity index (χ3v) is 7.37. The van der Waals surface area contributed by atoms with E-state index in [-0.39, 0.29) is 17.9 Å². The highest BCUT2D eigenvalue weighted by atomic mass is 32.2. The van der Waals surface area contributed by atoms with Crippen molar-refractivity contribution in [3.05, 3.63) is 29.8 Å². The lowest BCUT2D eigenvalue weighted by molar-refractivity contribution is -0.127. The molecule has 2 aliphatic rings. The van der Waals surface area contributed by atoms with Gasteiger partial charge in [0, 0.05) is 31.1 Å². The van der Waals surface area contributed by atoms with Crippen molar-refractivity contribution in [1.29, 1.82) is 0 Å². The molecule has 2 heterocycles. The van der Waals surface area contributed by atoms with Crippen LogP contribution in [0.3, 0.4) is 0 Å². The van der Waals surface area contributed by atoms with Crippen LogP contribution < -0.4 is 10.6 Å². The first-order valence-electron chi connectivity index (χ1n) is 9.47. The first-order valence-corrected chi connectivity index (χ1v) is 10.9. The van der Waals surface area contributed by atoms with Gasteiger partial charge >= 0.3 is 0 Å². The molecule has 2 atom stereocenters. The summed E-state index contributed by atoms with van der Waals surface area (Å²) in [6.07, 6.45) is 3.07. The maximum atomic E-state index is 12.7. The lowest BCUT2D eigenvalue weighted by atomic mass is 9.92. The summed E-state index contributed by atoms with van der Waals surface area (Å²) in [6.45, 7) is 5.82. The topological polar surface area (TPSA) is 78.5 Å². The van der Waals surface area contributed by atoms with Crippen molar-refractivity contribution < 1.29 is 13.2 Å². The minimum atomic E-state index is -3.45. The van der Waals surface area contributed by atoms with Gasteiger partial charge in [-0.2, -0.15) is 4.31 Å². The first kappa shape index (κ1) is 19.3. The van der Waals surface area contributed by atoms with Crippen LogP contribution in [-0.4, -0.2) is 50.3 Å². The highest BCUT2D eigenvalue weighted by Gasteiger charge is 2.31. The van der Waals surface area contributed by atoms with Crippen LogP contribution in [0.25, 0.3) is 0 Å². The fourth-order valence-corrected chi connectivity index (χ4v) is 5.26. The van der Waals surface area contributed by atoms with E-state index < -0.39 is 10.0 Å². The van der Waals surface area contributed by atoms with Gasteiger partial charge < -0.3 is 10.6 Å². The number of aryl methyl sites for hydroxylation is 1. The fourth-order valence-electron chi connectivity index (χ4n) is 3.79. The molecule has 2 saturated heterocycles. The highest BCUT2D eigenvalue weighted by molar-refractivity contribution is 7.89. The normalized spacial score (nSPS) is 25.8. The molecule has 0 saturated carbocycles. The van der Waals surface area contributed by atoms with Crippen LogP contribution in [0.5, 0.6) is 0 Å². The summed E-state index contributed by atoms with van der Waals surface area (Å²) in [5.41, 5.74) is 1.04. The summed E-state index contributed by atoms with van der Waals surface area (Å²) < 4.78 is 27.0. The largest absolute Gasteiger partial charge is 0.353 e. The van der Waals surface area contributed by atoms with Crippen LogP contribution in [0.1, 0.15) is 38.2 Å². The van der Waals surface area contributed by atoms with Gasteiger partial charge in [-0.1, -0.05) is 17.7 Å². The number of rotatable bonds is 4. The minimum Gasteiger partial charge on any atom is -0.353 e. The molecular weight excluding hydrogens is 350 g/mol. The molecular formula is C19H29N3O3S. The summed E-state index contributed by atoms with van der Waals surface area (Å²) in [7, 11) is -3.45. The number of nitrogens with zero attached hydrogens (tertiary/aromatic N) is 1. The molecule has 7 heteroatoms. The third-order valence-electron chi connectivity index (χ3n) is 5.45. The van der Waals surface area contributed by atoms with Crippen molar-refractivity contribution in [2.24, 2.45) is 5.92 Å². The molecule has 2 fully saturated rings. The van der Waals surface area contributed by atoms with E-state index in [1.165, 1.54) is 4.31 Å². The number of carbonyl (C=O) groups excluding carboxylic acids is 1. The lowest BCUT2D eigenvalue weighted by Crippen LogP contribution is -2.49. The van der Waals surface area contributed by atoms with E-state index in [2.05, 4.69) is 17.6 Å². The molecule has 0 spiro atoms. The number of hydrogen-bond acceptors (Lipinski definition) is 4. The summed E-state index contributed by atoms with van der Waals surface area (Å²) in [4.78, 5) is 12.8. The van der Waals surface area contributed by atoms with Gasteiger partial charge in [0.2, 0.25) is 15.9 Å². The molecule has 0 aromatic heterocycles. The van der Waals surface area contributed by atoms with E-state index >= 15 is 0 Å². The monoisotopic (exact) mass is 379 g/mol. The summed E-state index contributed by atoms with van der Waals surface area (Å²) in [6, 6.07) is 7.41. The molecule has 1 aromatic carbocycles. The van der Waals surface area contributed by atoms with Crippen molar-refractivity contribution >= 4 is 15.9 Å². The third kappa shape index (κ3) is 4.45. The van der Waals surface area contributed by atoms with Gasteiger partial charge in [0.05, 0.1) is 4.90 Å². The highest BCUT2D eigenvalue weighted by Crippen LogP contribution is 2.22. The van der Waals surface area contributed by atoms with E-state index in [1.54, 1.807) is 12.1 Å². The molecule has 2 aliphatic heterocycles. The van der Waals surface area contributed by atoms with Gasteiger partial charge in [-0.05, 0) is 58.2 Å². The van der Waals surface area contributed by atoms with Gasteiger partial charge in [-0.3, -0.25) is 4.79 Å². The second-order valence-corrected chi connectivity index (χ2v) is 9.51. The van der Waals surface area contributed by atoms with Gasteiger partial charge in [0.1, 0.15) is 0 Å². The predicted molar refractivity (Wildman–Crippen MR) is 101 cm³/mol. The number of benzene rings is 1. The number of carbonyl (C=O) groups is 1. The van der Waals surface area contributed by atoms with Crippen LogP contribution in [-0.2, 0) is 14.8 Å². The van der Waals surface area contributed by atoms with E-state index in [1.807, 2.05) is 19.1 Å². The Morgan fingerprint density at radius 2 is 1.81 bits per heavy atom. The number of sulfonamides is 1. The van der Waals surface area contributed by atoms with Gasteiger partial charge in [0.15, 0.2) is 0 Å². The molecule has 0 unspecified atom stereocenters. The van der Waals surface area contributed by atoms with Crippen molar-refractivity contribution in [2.75, 3.05) is 19.6 Å². The quantitative estimate of drug-likeness (QED) is 0.834. The van der Waals surface area contributed by atoms with Crippen LogP contribution in [0.4, 0.5) is 0 Å². The van der Waals surface area contributed by atoms with Crippen LogP contribution >= 0.6 is 0 Å². The Bertz CT molecular complexity index is 725. The predicted octanol–water partition coefficient (Wildman–Crippen LogP) is 1.65. The Balaban J connectivity index is 1.54. The maximum Gasteiger partial charge on any atom is 0.243 e. The van der Waals surface area contributed by atoms with Gasteiger partial charge in [-0.25, -0.2) is 8.42 Å². The van der Waals surface area contributed by atoms with Crippen molar-refractivity contribution in [1.82, 2.24) is 14.9 Å². The Morgan fingerprint density at radius 1 is 1.15 bits per heavy atom. The zero-order valence-corrected chi connectivity index (χ0v) is 16.4. The SMILES string of the molecule is Cc1ccc(S(=O)(=O)N2CCC(NC(=O)[C@H]3CCN[C@@H](C)C3)CC2)cc1. The molecule has 0 aliphatic carbocycles. The van der Waals surface area contributed by atoms with Crippen molar-refractivity contribution in [3.63, 3.8) is 0 Å². The summed E-state index contributed by atoms with van der Waals surface area (Å²) >= 11 is 0. The zero-order chi connectivity index (χ0) is 18.7. The average molecular weight is 380 g/mol. The summed E-state index contributed by atoms with van der Waals surface area (Å²) in [5.74, 6) is 0.193. The number of amides is 1. The Kier molecular flexibility index (Phi) is 5.99. The van der Waals surface area contributed by atoms with E-state index in [9.17, 15) is 13.2 Å². The van der Waals surface area contributed by atoms with E-state index in [0.29, 0.717) is 36.9 Å². The Labute approximate surface area is 156 Å². The molecule has 3 rings (SSSR count). The van der Waals surface area contributed by atoms with Gasteiger partial charge in [0.25, 0.3) is 0 Å².